The fourth-order valence-electron chi connectivity index (χ4n) is 3.62. The average Bonchev–Trinajstić information content (AvgIpc) is 3.17. The molecule has 2 aliphatic heterocycles. The number of rotatable bonds is 6. The fourth-order valence-corrected chi connectivity index (χ4v) is 5.14. The Labute approximate surface area is 170 Å². The summed E-state index contributed by atoms with van der Waals surface area (Å²) in [5.41, 5.74) is 0.685. The summed E-state index contributed by atoms with van der Waals surface area (Å²) in [7, 11) is -2.53. The van der Waals surface area contributed by atoms with Crippen LogP contribution in [0.15, 0.2) is 29.2 Å². The number of hydrogen-bond acceptors (Lipinski definition) is 6. The summed E-state index contributed by atoms with van der Waals surface area (Å²) in [6.07, 6.45) is 2.41. The molecule has 9 nitrogen and oxygen atoms in total. The van der Waals surface area contributed by atoms with Gasteiger partial charge in [0.05, 0.1) is 17.9 Å². The van der Waals surface area contributed by atoms with Crippen LogP contribution < -0.4 is 10.2 Å². The summed E-state index contributed by atoms with van der Waals surface area (Å²) in [6, 6.07) is 6.27. The maximum atomic E-state index is 13.0. The number of carbonyl (C=O) groups is 3. The first-order valence-corrected chi connectivity index (χ1v) is 11.0. The van der Waals surface area contributed by atoms with Crippen molar-refractivity contribution in [1.29, 1.82) is 0 Å². The summed E-state index contributed by atoms with van der Waals surface area (Å²) in [4.78, 5) is 37.1. The monoisotopic (exact) mass is 423 g/mol. The third kappa shape index (κ3) is 4.76. The minimum atomic E-state index is -3.76. The molecule has 158 valence electrons. The summed E-state index contributed by atoms with van der Waals surface area (Å²) in [6.45, 7) is 0.784. The van der Waals surface area contributed by atoms with Crippen molar-refractivity contribution in [2.75, 3.05) is 38.2 Å². The van der Waals surface area contributed by atoms with Crippen LogP contribution in [0.25, 0.3) is 0 Å². The van der Waals surface area contributed by atoms with E-state index in [0.29, 0.717) is 38.0 Å². The van der Waals surface area contributed by atoms with Gasteiger partial charge in [0, 0.05) is 31.7 Å². The van der Waals surface area contributed by atoms with E-state index < -0.39 is 21.9 Å². The number of methoxy groups -OCH3 is 1. The molecule has 1 unspecified atom stereocenters. The van der Waals surface area contributed by atoms with Crippen molar-refractivity contribution in [3.63, 3.8) is 0 Å². The van der Waals surface area contributed by atoms with Crippen LogP contribution in [0, 0.1) is 5.92 Å². The number of nitrogens with one attached hydrogen (secondary N) is 1. The smallest absolute Gasteiger partial charge is 0.325 e. The minimum Gasteiger partial charge on any atom is -0.468 e. The molecule has 0 aliphatic carbocycles. The van der Waals surface area contributed by atoms with Crippen LogP contribution in [0.5, 0.6) is 0 Å². The molecule has 3 rings (SSSR count). The highest BCUT2D eigenvalue weighted by atomic mass is 32.2. The van der Waals surface area contributed by atoms with Crippen LogP contribution in [0.3, 0.4) is 0 Å². The van der Waals surface area contributed by atoms with Gasteiger partial charge in [-0.1, -0.05) is 0 Å². The largest absolute Gasteiger partial charge is 0.468 e. The number of sulfonamides is 1. The van der Waals surface area contributed by atoms with Gasteiger partial charge >= 0.3 is 5.97 Å². The lowest BCUT2D eigenvalue weighted by Gasteiger charge is -2.31. The molecule has 1 atom stereocenters. The molecular formula is C19H25N3O6S. The second kappa shape index (κ2) is 8.91. The number of benzene rings is 1. The fraction of sp³-hybridized carbons (Fsp3) is 0.526. The van der Waals surface area contributed by atoms with E-state index in [1.165, 1.54) is 23.5 Å². The summed E-state index contributed by atoms with van der Waals surface area (Å²) in [5.74, 6) is -1.41. The van der Waals surface area contributed by atoms with Crippen molar-refractivity contribution in [1.82, 2.24) is 9.62 Å². The molecule has 0 aromatic heterocycles. The van der Waals surface area contributed by atoms with E-state index in [0.717, 1.165) is 6.42 Å². The van der Waals surface area contributed by atoms with E-state index >= 15 is 0 Å². The van der Waals surface area contributed by atoms with Gasteiger partial charge in [0.2, 0.25) is 21.8 Å². The molecule has 2 aliphatic rings. The molecule has 2 heterocycles. The Hall–Kier alpha value is -2.46. The normalized spacial score (nSPS) is 20.5. The zero-order chi connectivity index (χ0) is 21.0. The number of hydrogen-bond donors (Lipinski definition) is 1. The van der Waals surface area contributed by atoms with E-state index in [2.05, 4.69) is 10.1 Å². The Bertz CT molecular complexity index is 884. The van der Waals surface area contributed by atoms with Crippen LogP contribution >= 0.6 is 0 Å². The number of ether oxygens (including phenoxy) is 1. The number of nitrogens with zero attached hydrogens (tertiary/aromatic N) is 2. The van der Waals surface area contributed by atoms with Gasteiger partial charge in [-0.3, -0.25) is 14.4 Å². The van der Waals surface area contributed by atoms with Crippen molar-refractivity contribution < 1.29 is 27.5 Å². The molecular weight excluding hydrogens is 398 g/mol. The van der Waals surface area contributed by atoms with Crippen molar-refractivity contribution in [2.24, 2.45) is 5.92 Å². The molecule has 0 saturated carbocycles. The van der Waals surface area contributed by atoms with Crippen molar-refractivity contribution in [2.45, 2.75) is 30.6 Å². The lowest BCUT2D eigenvalue weighted by Crippen LogP contribution is -2.46. The Balaban J connectivity index is 1.67. The number of amides is 2. The lowest BCUT2D eigenvalue weighted by atomic mass is 9.99. The zero-order valence-corrected chi connectivity index (χ0v) is 17.1. The summed E-state index contributed by atoms with van der Waals surface area (Å²) >= 11 is 0. The van der Waals surface area contributed by atoms with Crippen LogP contribution in [-0.2, 0) is 29.1 Å². The molecule has 2 saturated heterocycles. The van der Waals surface area contributed by atoms with Crippen LogP contribution in [0.4, 0.5) is 5.69 Å². The van der Waals surface area contributed by atoms with Crippen LogP contribution in [0.2, 0.25) is 0 Å². The zero-order valence-electron chi connectivity index (χ0n) is 16.3. The molecule has 0 bridgehead atoms. The molecule has 1 aromatic rings. The maximum absolute atomic E-state index is 13.0. The van der Waals surface area contributed by atoms with E-state index in [4.69, 9.17) is 0 Å². The second-order valence-corrected chi connectivity index (χ2v) is 9.08. The summed E-state index contributed by atoms with van der Waals surface area (Å²) < 4.78 is 31.8. The third-order valence-electron chi connectivity index (χ3n) is 5.25. The van der Waals surface area contributed by atoms with Crippen LogP contribution in [-0.4, -0.2) is 63.8 Å². The summed E-state index contributed by atoms with van der Waals surface area (Å²) in [5, 5.41) is 2.49. The standard InChI is InChI=1S/C19H25N3O6S/c1-28-18(24)12-20-19(25)14-4-2-10-21(13-14)29(26,27)16-8-6-15(7-9-16)22-11-3-5-17(22)23/h6-9,14H,2-5,10-13H2,1H3,(H,20,25). The van der Waals surface area contributed by atoms with E-state index in [9.17, 15) is 22.8 Å². The highest BCUT2D eigenvalue weighted by molar-refractivity contribution is 7.89. The molecule has 0 radical (unpaired) electrons. The molecule has 1 aromatic carbocycles. The third-order valence-corrected chi connectivity index (χ3v) is 7.13. The van der Waals surface area contributed by atoms with E-state index in [-0.39, 0.29) is 29.8 Å². The van der Waals surface area contributed by atoms with Crippen LogP contribution in [0.1, 0.15) is 25.7 Å². The Morgan fingerprint density at radius 2 is 1.90 bits per heavy atom. The predicted octanol–water partition coefficient (Wildman–Crippen LogP) is 0.503. The quantitative estimate of drug-likeness (QED) is 0.667. The number of anilines is 1. The first-order valence-electron chi connectivity index (χ1n) is 9.58. The van der Waals surface area contributed by atoms with Gasteiger partial charge in [-0.05, 0) is 43.5 Å². The predicted molar refractivity (Wildman–Crippen MR) is 105 cm³/mol. The van der Waals surface area contributed by atoms with Crippen molar-refractivity contribution >= 4 is 33.5 Å². The van der Waals surface area contributed by atoms with Crippen molar-refractivity contribution in [3.05, 3.63) is 24.3 Å². The van der Waals surface area contributed by atoms with E-state index in [1.807, 2.05) is 0 Å². The Morgan fingerprint density at radius 3 is 2.52 bits per heavy atom. The molecule has 1 N–H and O–H groups in total. The molecule has 2 amide bonds. The van der Waals surface area contributed by atoms with Gasteiger partial charge < -0.3 is 15.0 Å². The van der Waals surface area contributed by atoms with Gasteiger partial charge in [-0.15, -0.1) is 0 Å². The maximum Gasteiger partial charge on any atom is 0.325 e. The lowest BCUT2D eigenvalue weighted by molar-refractivity contribution is -0.141. The Morgan fingerprint density at radius 1 is 1.17 bits per heavy atom. The average molecular weight is 423 g/mol. The minimum absolute atomic E-state index is 0.0393. The van der Waals surface area contributed by atoms with Gasteiger partial charge in [0.1, 0.15) is 6.54 Å². The first kappa shape index (κ1) is 21.3. The van der Waals surface area contributed by atoms with Gasteiger partial charge in [0.15, 0.2) is 0 Å². The number of carbonyl (C=O) groups excluding carboxylic acids is 3. The molecule has 10 heteroatoms. The first-order chi connectivity index (χ1) is 13.8. The van der Waals surface area contributed by atoms with Gasteiger partial charge in [-0.2, -0.15) is 4.31 Å². The molecule has 0 spiro atoms. The Kier molecular flexibility index (Phi) is 6.53. The van der Waals surface area contributed by atoms with Gasteiger partial charge in [0.25, 0.3) is 0 Å². The number of piperidine rings is 1. The SMILES string of the molecule is COC(=O)CNC(=O)C1CCCN(S(=O)(=O)c2ccc(N3CCCC3=O)cc2)C1. The molecule has 2 fully saturated rings. The van der Waals surface area contributed by atoms with Crippen molar-refractivity contribution in [3.8, 4) is 0 Å². The highest BCUT2D eigenvalue weighted by Crippen LogP contribution is 2.27. The van der Waals surface area contributed by atoms with E-state index in [1.54, 1.807) is 17.0 Å². The number of esters is 1. The van der Waals surface area contributed by atoms with Gasteiger partial charge in [-0.25, -0.2) is 8.42 Å². The highest BCUT2D eigenvalue weighted by Gasteiger charge is 2.33. The molecule has 29 heavy (non-hydrogen) atoms. The second-order valence-electron chi connectivity index (χ2n) is 7.14. The topological polar surface area (TPSA) is 113 Å².